The minimum absolute atomic E-state index is 0.258. The summed E-state index contributed by atoms with van der Waals surface area (Å²) in [5.41, 5.74) is 0.792. The van der Waals surface area contributed by atoms with Gasteiger partial charge in [-0.15, -0.1) is 11.6 Å². The van der Waals surface area contributed by atoms with Crippen molar-refractivity contribution in [3.8, 4) is 0 Å². The Morgan fingerprint density at radius 2 is 2.19 bits per heavy atom. The van der Waals surface area contributed by atoms with Crippen LogP contribution >= 0.6 is 23.2 Å². The molecule has 1 aromatic carbocycles. The van der Waals surface area contributed by atoms with E-state index in [0.29, 0.717) is 23.1 Å². The second kappa shape index (κ2) is 4.80. The van der Waals surface area contributed by atoms with E-state index in [4.69, 9.17) is 23.2 Å². The molecular formula is C10H8Cl2FN3. The number of halogens is 3. The normalized spacial score (nSPS) is 10.7. The van der Waals surface area contributed by atoms with Crippen LogP contribution < -0.4 is 0 Å². The van der Waals surface area contributed by atoms with Crippen LogP contribution in [0.25, 0.3) is 0 Å². The Morgan fingerprint density at radius 3 is 2.81 bits per heavy atom. The van der Waals surface area contributed by atoms with Crippen LogP contribution in [0.4, 0.5) is 4.39 Å². The summed E-state index contributed by atoms with van der Waals surface area (Å²) in [6.45, 7) is 0. The van der Waals surface area contributed by atoms with Gasteiger partial charge in [-0.3, -0.25) is 5.10 Å². The third-order valence-electron chi connectivity index (χ3n) is 2.07. The highest BCUT2D eigenvalue weighted by molar-refractivity contribution is 6.31. The fourth-order valence-corrected chi connectivity index (χ4v) is 1.67. The highest BCUT2D eigenvalue weighted by atomic mass is 35.5. The van der Waals surface area contributed by atoms with Crippen LogP contribution in [0.5, 0.6) is 0 Å². The van der Waals surface area contributed by atoms with Gasteiger partial charge in [-0.25, -0.2) is 9.37 Å². The predicted octanol–water partition coefficient (Wildman–Crippen LogP) is 2.93. The maximum absolute atomic E-state index is 12.8. The molecule has 1 aromatic heterocycles. The molecule has 0 amide bonds. The molecule has 84 valence electrons. The number of aromatic amines is 1. The molecule has 1 N–H and O–H groups in total. The second-order valence-electron chi connectivity index (χ2n) is 3.24. The third-order valence-corrected chi connectivity index (χ3v) is 2.66. The smallest absolute Gasteiger partial charge is 0.165 e. The van der Waals surface area contributed by atoms with E-state index in [9.17, 15) is 4.39 Å². The minimum atomic E-state index is -0.354. The van der Waals surface area contributed by atoms with Crippen LogP contribution in [0.1, 0.15) is 17.2 Å². The molecule has 0 spiro atoms. The van der Waals surface area contributed by atoms with Crippen molar-refractivity contribution in [2.24, 2.45) is 0 Å². The van der Waals surface area contributed by atoms with E-state index in [-0.39, 0.29) is 11.7 Å². The Hall–Kier alpha value is -1.13. The average Bonchev–Trinajstić information content (AvgIpc) is 2.70. The topological polar surface area (TPSA) is 41.6 Å². The maximum atomic E-state index is 12.8. The Kier molecular flexibility index (Phi) is 3.41. The fourth-order valence-electron chi connectivity index (χ4n) is 1.32. The monoisotopic (exact) mass is 259 g/mol. The molecule has 0 radical (unpaired) electrons. The van der Waals surface area contributed by atoms with Crippen LogP contribution in [0.15, 0.2) is 18.2 Å². The van der Waals surface area contributed by atoms with Crippen molar-refractivity contribution in [1.82, 2.24) is 15.2 Å². The molecule has 1 heterocycles. The predicted molar refractivity (Wildman–Crippen MR) is 60.2 cm³/mol. The van der Waals surface area contributed by atoms with Gasteiger partial charge in [0.2, 0.25) is 0 Å². The molecule has 0 aliphatic carbocycles. The Balaban J connectivity index is 2.20. The van der Waals surface area contributed by atoms with Crippen LogP contribution in [0, 0.1) is 5.82 Å². The molecule has 0 fully saturated rings. The molecule has 16 heavy (non-hydrogen) atoms. The van der Waals surface area contributed by atoms with Crippen LogP contribution in [0.2, 0.25) is 5.02 Å². The van der Waals surface area contributed by atoms with Crippen LogP contribution in [-0.2, 0) is 12.3 Å². The van der Waals surface area contributed by atoms with E-state index in [1.165, 1.54) is 12.1 Å². The molecule has 0 bridgehead atoms. The van der Waals surface area contributed by atoms with Crippen molar-refractivity contribution in [2.45, 2.75) is 12.3 Å². The van der Waals surface area contributed by atoms with E-state index < -0.39 is 0 Å². The molecule has 6 heteroatoms. The first-order valence-corrected chi connectivity index (χ1v) is 5.50. The number of hydrogen-bond donors (Lipinski definition) is 1. The van der Waals surface area contributed by atoms with Crippen molar-refractivity contribution >= 4 is 23.2 Å². The van der Waals surface area contributed by atoms with Crippen molar-refractivity contribution in [2.75, 3.05) is 0 Å². The lowest BCUT2D eigenvalue weighted by Crippen LogP contribution is -1.93. The number of nitrogens with one attached hydrogen (secondary N) is 1. The van der Waals surface area contributed by atoms with Crippen LogP contribution in [0.3, 0.4) is 0 Å². The molecule has 0 aliphatic rings. The minimum Gasteiger partial charge on any atom is -0.263 e. The van der Waals surface area contributed by atoms with Crippen molar-refractivity contribution in [1.29, 1.82) is 0 Å². The molecule has 0 saturated heterocycles. The number of hydrogen-bond acceptors (Lipinski definition) is 2. The zero-order valence-electron chi connectivity index (χ0n) is 8.17. The van der Waals surface area contributed by atoms with Gasteiger partial charge in [0.25, 0.3) is 0 Å². The summed E-state index contributed by atoms with van der Waals surface area (Å²) in [7, 11) is 0. The number of nitrogens with zero attached hydrogens (tertiary/aromatic N) is 2. The summed E-state index contributed by atoms with van der Waals surface area (Å²) >= 11 is 11.5. The van der Waals surface area contributed by atoms with E-state index >= 15 is 0 Å². The second-order valence-corrected chi connectivity index (χ2v) is 3.92. The molecule has 0 unspecified atom stereocenters. The quantitative estimate of drug-likeness (QED) is 0.862. The first-order chi connectivity index (χ1) is 7.69. The van der Waals surface area contributed by atoms with E-state index in [2.05, 4.69) is 15.2 Å². The summed E-state index contributed by atoms with van der Waals surface area (Å²) < 4.78 is 12.8. The van der Waals surface area contributed by atoms with Gasteiger partial charge < -0.3 is 0 Å². The maximum Gasteiger partial charge on any atom is 0.165 e. The number of aromatic nitrogens is 3. The average molecular weight is 260 g/mol. The lowest BCUT2D eigenvalue weighted by atomic mass is 10.1. The highest BCUT2D eigenvalue weighted by Crippen LogP contribution is 2.19. The number of alkyl halides is 1. The SMILES string of the molecule is Fc1ccc(Cc2nc(CCl)n[nH]2)c(Cl)c1. The van der Waals surface area contributed by atoms with Crippen LogP contribution in [-0.4, -0.2) is 15.2 Å². The van der Waals surface area contributed by atoms with Gasteiger partial charge >= 0.3 is 0 Å². The van der Waals surface area contributed by atoms with Gasteiger partial charge in [0.05, 0.1) is 5.88 Å². The Morgan fingerprint density at radius 1 is 1.38 bits per heavy atom. The zero-order valence-corrected chi connectivity index (χ0v) is 9.69. The highest BCUT2D eigenvalue weighted by Gasteiger charge is 2.07. The largest absolute Gasteiger partial charge is 0.263 e. The van der Waals surface area contributed by atoms with E-state index in [1.54, 1.807) is 6.07 Å². The summed E-state index contributed by atoms with van der Waals surface area (Å²) in [5.74, 6) is 1.10. The molecule has 2 aromatic rings. The zero-order chi connectivity index (χ0) is 11.5. The Bertz CT molecular complexity index is 499. The molecule has 3 nitrogen and oxygen atoms in total. The van der Waals surface area contributed by atoms with E-state index in [1.807, 2.05) is 0 Å². The lowest BCUT2D eigenvalue weighted by molar-refractivity contribution is 0.627. The molecule has 0 saturated carbocycles. The summed E-state index contributed by atoms with van der Waals surface area (Å²) in [6.07, 6.45) is 0.475. The molecule has 2 rings (SSSR count). The Labute approximate surface area is 102 Å². The third kappa shape index (κ3) is 2.51. The number of benzene rings is 1. The summed E-state index contributed by atoms with van der Waals surface area (Å²) in [4.78, 5) is 4.14. The first kappa shape index (κ1) is 11.4. The van der Waals surface area contributed by atoms with Gasteiger partial charge in [0, 0.05) is 11.4 Å². The van der Waals surface area contributed by atoms with Gasteiger partial charge in [0.15, 0.2) is 5.82 Å². The van der Waals surface area contributed by atoms with Gasteiger partial charge in [-0.2, -0.15) is 5.10 Å². The molecule has 0 atom stereocenters. The van der Waals surface area contributed by atoms with E-state index in [0.717, 1.165) is 5.56 Å². The lowest BCUT2D eigenvalue weighted by Gasteiger charge is -2.01. The molecular weight excluding hydrogens is 252 g/mol. The van der Waals surface area contributed by atoms with Crippen molar-refractivity contribution in [3.63, 3.8) is 0 Å². The standard InChI is InChI=1S/C10H8Cl2FN3/c11-5-10-14-9(15-16-10)3-6-1-2-7(13)4-8(6)12/h1-2,4H,3,5H2,(H,14,15,16). The first-order valence-electron chi connectivity index (χ1n) is 4.59. The number of H-pyrrole nitrogens is 1. The van der Waals surface area contributed by atoms with Gasteiger partial charge in [-0.05, 0) is 17.7 Å². The summed E-state index contributed by atoms with van der Waals surface area (Å²) in [6, 6.07) is 4.26. The fraction of sp³-hybridized carbons (Fsp3) is 0.200. The summed E-state index contributed by atoms with van der Waals surface area (Å²) in [5, 5.41) is 7.02. The van der Waals surface area contributed by atoms with Crippen molar-refractivity contribution in [3.05, 3.63) is 46.3 Å². The van der Waals surface area contributed by atoms with Gasteiger partial charge in [-0.1, -0.05) is 17.7 Å². The van der Waals surface area contributed by atoms with Crippen molar-refractivity contribution < 1.29 is 4.39 Å². The number of rotatable bonds is 3. The van der Waals surface area contributed by atoms with Gasteiger partial charge in [0.1, 0.15) is 11.6 Å². The molecule has 0 aliphatic heterocycles.